The van der Waals surface area contributed by atoms with Gasteiger partial charge in [-0.1, -0.05) is 24.3 Å². The molecule has 2 unspecified atom stereocenters. The van der Waals surface area contributed by atoms with Gasteiger partial charge in [-0.05, 0) is 24.3 Å². The first kappa shape index (κ1) is 20.8. The second-order valence-corrected chi connectivity index (χ2v) is 5.89. The molecule has 7 nitrogen and oxygen atoms in total. The van der Waals surface area contributed by atoms with Gasteiger partial charge in [-0.2, -0.15) is 0 Å². The predicted octanol–water partition coefficient (Wildman–Crippen LogP) is 1.47. The van der Waals surface area contributed by atoms with Gasteiger partial charge in [0, 0.05) is 13.1 Å². The standard InChI is InChI=1S/C20H27NO6/c1-24-17-7-3-5-9-19(17)26-13-15(22)11-21-12-16(23)14-27-20-10-6-4-8-18(20)25-2/h3-10,15-16,21-23H,11-14H2,1-2H3. The van der Waals surface area contributed by atoms with E-state index in [9.17, 15) is 10.2 Å². The molecule has 0 spiro atoms. The number of rotatable bonds is 12. The zero-order valence-corrected chi connectivity index (χ0v) is 15.6. The lowest BCUT2D eigenvalue weighted by atomic mass is 10.3. The fourth-order valence-electron chi connectivity index (χ4n) is 2.38. The van der Waals surface area contributed by atoms with Crippen LogP contribution in [0.4, 0.5) is 0 Å². The molecule has 0 aliphatic carbocycles. The zero-order chi connectivity index (χ0) is 19.5. The zero-order valence-electron chi connectivity index (χ0n) is 15.6. The summed E-state index contributed by atoms with van der Waals surface area (Å²) in [7, 11) is 3.13. The molecule has 0 heterocycles. The van der Waals surface area contributed by atoms with Crippen molar-refractivity contribution in [2.45, 2.75) is 12.2 Å². The minimum absolute atomic E-state index is 0.112. The molecule has 2 rings (SSSR count). The van der Waals surface area contributed by atoms with Gasteiger partial charge < -0.3 is 34.5 Å². The molecule has 3 N–H and O–H groups in total. The van der Waals surface area contributed by atoms with Gasteiger partial charge in [-0.25, -0.2) is 0 Å². The Balaban J connectivity index is 1.65. The first-order valence-corrected chi connectivity index (χ1v) is 8.72. The molecule has 0 amide bonds. The average molecular weight is 377 g/mol. The normalized spacial score (nSPS) is 12.9. The molecular formula is C20H27NO6. The molecule has 0 aliphatic rings. The van der Waals surface area contributed by atoms with Crippen LogP contribution in [0, 0.1) is 0 Å². The molecule has 0 bridgehead atoms. The van der Waals surface area contributed by atoms with Crippen LogP contribution < -0.4 is 24.3 Å². The van der Waals surface area contributed by atoms with Gasteiger partial charge in [0.2, 0.25) is 0 Å². The first-order chi connectivity index (χ1) is 13.1. The minimum Gasteiger partial charge on any atom is -0.493 e. The van der Waals surface area contributed by atoms with Crippen LogP contribution in [0.3, 0.4) is 0 Å². The SMILES string of the molecule is COc1ccccc1OCC(O)CNCC(O)COc1ccccc1OC. The maximum Gasteiger partial charge on any atom is 0.161 e. The van der Waals surface area contributed by atoms with Crippen LogP contribution in [0.2, 0.25) is 0 Å². The lowest BCUT2D eigenvalue weighted by Crippen LogP contribution is -2.37. The van der Waals surface area contributed by atoms with Gasteiger partial charge in [0.25, 0.3) is 0 Å². The number of aliphatic hydroxyl groups excluding tert-OH is 2. The molecule has 2 atom stereocenters. The van der Waals surface area contributed by atoms with Crippen LogP contribution in [0.1, 0.15) is 0 Å². The Morgan fingerprint density at radius 3 is 1.44 bits per heavy atom. The van der Waals surface area contributed by atoms with E-state index >= 15 is 0 Å². The molecule has 2 aromatic carbocycles. The summed E-state index contributed by atoms with van der Waals surface area (Å²) in [6.07, 6.45) is -1.45. The van der Waals surface area contributed by atoms with Crippen molar-refractivity contribution in [2.75, 3.05) is 40.5 Å². The lowest BCUT2D eigenvalue weighted by Gasteiger charge is -2.17. The van der Waals surface area contributed by atoms with Gasteiger partial charge in [-0.15, -0.1) is 0 Å². The monoisotopic (exact) mass is 377 g/mol. The summed E-state index contributed by atoms with van der Waals surface area (Å²) >= 11 is 0. The molecule has 0 aliphatic heterocycles. The van der Waals surface area contributed by atoms with Gasteiger partial charge >= 0.3 is 0 Å². The summed E-state index contributed by atoms with van der Waals surface area (Å²) in [5, 5.41) is 23.0. The number of aliphatic hydroxyl groups is 2. The molecule has 2 aromatic rings. The Labute approximate surface area is 159 Å². The highest BCUT2D eigenvalue weighted by Crippen LogP contribution is 2.26. The Morgan fingerprint density at radius 2 is 1.07 bits per heavy atom. The lowest BCUT2D eigenvalue weighted by molar-refractivity contribution is 0.0844. The van der Waals surface area contributed by atoms with Crippen LogP contribution in [0.5, 0.6) is 23.0 Å². The predicted molar refractivity (Wildman–Crippen MR) is 102 cm³/mol. The van der Waals surface area contributed by atoms with E-state index in [1.165, 1.54) is 0 Å². The largest absolute Gasteiger partial charge is 0.493 e. The van der Waals surface area contributed by atoms with Gasteiger partial charge in [0.15, 0.2) is 23.0 Å². The second kappa shape index (κ2) is 11.3. The van der Waals surface area contributed by atoms with Crippen LogP contribution in [-0.2, 0) is 0 Å². The van der Waals surface area contributed by atoms with Crippen LogP contribution in [0.25, 0.3) is 0 Å². The van der Waals surface area contributed by atoms with Crippen molar-refractivity contribution in [3.8, 4) is 23.0 Å². The fourth-order valence-corrected chi connectivity index (χ4v) is 2.38. The van der Waals surface area contributed by atoms with Gasteiger partial charge in [0.1, 0.15) is 25.4 Å². The number of hydrogen-bond donors (Lipinski definition) is 3. The first-order valence-electron chi connectivity index (χ1n) is 8.72. The molecule has 0 saturated heterocycles. The molecule has 0 saturated carbocycles. The van der Waals surface area contributed by atoms with Crippen molar-refractivity contribution in [1.29, 1.82) is 0 Å². The van der Waals surface area contributed by atoms with Crippen LogP contribution in [-0.4, -0.2) is 62.9 Å². The van der Waals surface area contributed by atoms with Crippen molar-refractivity contribution >= 4 is 0 Å². The number of para-hydroxylation sites is 4. The van der Waals surface area contributed by atoms with E-state index in [2.05, 4.69) is 5.32 Å². The van der Waals surface area contributed by atoms with Crippen LogP contribution in [0.15, 0.2) is 48.5 Å². The molecule has 0 fully saturated rings. The Bertz CT molecular complexity index is 624. The number of methoxy groups -OCH3 is 2. The number of hydrogen-bond acceptors (Lipinski definition) is 7. The van der Waals surface area contributed by atoms with Crippen molar-refractivity contribution in [3.63, 3.8) is 0 Å². The van der Waals surface area contributed by atoms with Crippen molar-refractivity contribution in [2.24, 2.45) is 0 Å². The second-order valence-electron chi connectivity index (χ2n) is 5.89. The van der Waals surface area contributed by atoms with Crippen LogP contribution >= 0.6 is 0 Å². The van der Waals surface area contributed by atoms with Gasteiger partial charge in [0.05, 0.1) is 14.2 Å². The summed E-state index contributed by atoms with van der Waals surface area (Å²) in [5.74, 6) is 2.37. The maximum atomic E-state index is 10.0. The van der Waals surface area contributed by atoms with E-state index in [1.54, 1.807) is 38.5 Å². The molecule has 0 radical (unpaired) electrons. The molecule has 7 heteroatoms. The smallest absolute Gasteiger partial charge is 0.161 e. The summed E-state index contributed by atoms with van der Waals surface area (Å²) in [4.78, 5) is 0. The molecular weight excluding hydrogens is 350 g/mol. The summed E-state index contributed by atoms with van der Waals surface area (Å²) in [6, 6.07) is 14.5. The third-order valence-corrected chi connectivity index (χ3v) is 3.76. The Kier molecular flexibility index (Phi) is 8.70. The summed E-state index contributed by atoms with van der Waals surface area (Å²) in [6.45, 7) is 0.782. The highest BCUT2D eigenvalue weighted by atomic mass is 16.5. The Morgan fingerprint density at radius 1 is 0.704 bits per heavy atom. The fraction of sp³-hybridized carbons (Fsp3) is 0.400. The number of nitrogens with one attached hydrogen (secondary N) is 1. The average Bonchev–Trinajstić information content (AvgIpc) is 2.71. The van der Waals surface area contributed by atoms with Crippen molar-refractivity contribution in [1.82, 2.24) is 5.32 Å². The van der Waals surface area contributed by atoms with Crippen molar-refractivity contribution in [3.05, 3.63) is 48.5 Å². The topological polar surface area (TPSA) is 89.4 Å². The summed E-state index contributed by atoms with van der Waals surface area (Å²) in [5.41, 5.74) is 0. The minimum atomic E-state index is -0.725. The Hall–Kier alpha value is -2.48. The molecule has 27 heavy (non-hydrogen) atoms. The van der Waals surface area contributed by atoms with E-state index in [0.29, 0.717) is 23.0 Å². The van der Waals surface area contributed by atoms with Gasteiger partial charge in [-0.3, -0.25) is 0 Å². The van der Waals surface area contributed by atoms with E-state index in [1.807, 2.05) is 24.3 Å². The van der Waals surface area contributed by atoms with E-state index in [-0.39, 0.29) is 26.3 Å². The number of benzene rings is 2. The summed E-state index contributed by atoms with van der Waals surface area (Å²) < 4.78 is 21.5. The van der Waals surface area contributed by atoms with E-state index in [0.717, 1.165) is 0 Å². The third-order valence-electron chi connectivity index (χ3n) is 3.76. The van der Waals surface area contributed by atoms with Crippen molar-refractivity contribution < 1.29 is 29.2 Å². The third kappa shape index (κ3) is 6.97. The molecule has 148 valence electrons. The van der Waals surface area contributed by atoms with E-state index < -0.39 is 12.2 Å². The molecule has 0 aromatic heterocycles. The number of ether oxygens (including phenoxy) is 4. The van der Waals surface area contributed by atoms with E-state index in [4.69, 9.17) is 18.9 Å². The quantitative estimate of drug-likeness (QED) is 0.516. The highest BCUT2D eigenvalue weighted by Gasteiger charge is 2.11. The maximum absolute atomic E-state index is 10.0. The highest BCUT2D eigenvalue weighted by molar-refractivity contribution is 5.39.